The van der Waals surface area contributed by atoms with Crippen LogP contribution in [-0.4, -0.2) is 17.2 Å². The fourth-order valence-electron chi connectivity index (χ4n) is 1.07. The molecule has 1 N–H and O–H groups in total. The second-order valence-electron chi connectivity index (χ2n) is 2.86. The van der Waals surface area contributed by atoms with Crippen LogP contribution >= 0.6 is 0 Å². The molecule has 1 aromatic rings. The van der Waals surface area contributed by atoms with Gasteiger partial charge in [-0.3, -0.25) is 0 Å². The molecule has 1 rings (SSSR count). The maximum atomic E-state index is 10.2. The van der Waals surface area contributed by atoms with Crippen molar-refractivity contribution in [2.45, 2.75) is 18.9 Å². The summed E-state index contributed by atoms with van der Waals surface area (Å²) in [5.41, 5.74) is 1.02. The fourth-order valence-corrected chi connectivity index (χ4v) is 1.07. The first-order valence-electron chi connectivity index (χ1n) is 4.13. The SMILES string of the molecule is O=C([O-])[C@@H](O)CCc1ccccc1.[K+]. The van der Waals surface area contributed by atoms with Crippen molar-refractivity contribution in [3.63, 3.8) is 0 Å². The molecule has 3 nitrogen and oxygen atoms in total. The van der Waals surface area contributed by atoms with E-state index in [1.807, 2.05) is 30.3 Å². The van der Waals surface area contributed by atoms with E-state index in [4.69, 9.17) is 5.11 Å². The normalized spacial score (nSPS) is 11.5. The molecule has 0 amide bonds. The number of carboxylic acid groups (broad SMARTS) is 1. The molecule has 0 saturated heterocycles. The second kappa shape index (κ2) is 7.56. The molecule has 0 spiro atoms. The molecule has 0 saturated carbocycles. The number of carboxylic acids is 1. The number of aryl methyl sites for hydroxylation is 1. The Morgan fingerprint density at radius 3 is 2.43 bits per heavy atom. The van der Waals surface area contributed by atoms with Crippen LogP contribution in [0.4, 0.5) is 0 Å². The smallest absolute Gasteiger partial charge is 0.547 e. The molecule has 0 heterocycles. The number of benzene rings is 1. The molecule has 0 aliphatic heterocycles. The maximum Gasteiger partial charge on any atom is 1.00 e. The molecule has 1 atom stereocenters. The van der Waals surface area contributed by atoms with Gasteiger partial charge in [0, 0.05) is 0 Å². The van der Waals surface area contributed by atoms with E-state index in [0.717, 1.165) is 5.56 Å². The van der Waals surface area contributed by atoms with Crippen molar-refractivity contribution in [3.05, 3.63) is 35.9 Å². The first-order chi connectivity index (χ1) is 6.20. The van der Waals surface area contributed by atoms with Crippen LogP contribution in [0, 0.1) is 0 Å². The van der Waals surface area contributed by atoms with Crippen LogP contribution in [0.1, 0.15) is 12.0 Å². The van der Waals surface area contributed by atoms with E-state index in [9.17, 15) is 9.90 Å². The zero-order chi connectivity index (χ0) is 9.68. The van der Waals surface area contributed by atoms with Crippen LogP contribution in [0.2, 0.25) is 0 Å². The zero-order valence-electron chi connectivity index (χ0n) is 8.14. The summed E-state index contributed by atoms with van der Waals surface area (Å²) < 4.78 is 0. The third-order valence-electron chi connectivity index (χ3n) is 1.82. The fraction of sp³-hybridized carbons (Fsp3) is 0.300. The van der Waals surface area contributed by atoms with E-state index >= 15 is 0 Å². The Labute approximate surface area is 126 Å². The summed E-state index contributed by atoms with van der Waals surface area (Å²) in [5, 5.41) is 19.1. The van der Waals surface area contributed by atoms with Gasteiger partial charge in [0.15, 0.2) is 0 Å². The number of rotatable bonds is 4. The summed E-state index contributed by atoms with van der Waals surface area (Å²) >= 11 is 0. The minimum atomic E-state index is -1.41. The summed E-state index contributed by atoms with van der Waals surface area (Å²) in [7, 11) is 0. The molecule has 1 aromatic carbocycles. The third-order valence-corrected chi connectivity index (χ3v) is 1.82. The average Bonchev–Trinajstić information content (AvgIpc) is 2.15. The third kappa shape index (κ3) is 5.24. The summed E-state index contributed by atoms with van der Waals surface area (Å²) in [6.07, 6.45) is -0.609. The molecule has 0 bridgehead atoms. The maximum absolute atomic E-state index is 10.2. The van der Waals surface area contributed by atoms with Crippen LogP contribution in [0.25, 0.3) is 0 Å². The van der Waals surface area contributed by atoms with Gasteiger partial charge in [-0.1, -0.05) is 30.3 Å². The molecule has 0 fully saturated rings. The van der Waals surface area contributed by atoms with Crippen molar-refractivity contribution in [2.75, 3.05) is 0 Å². The Morgan fingerprint density at radius 2 is 1.93 bits per heavy atom. The van der Waals surface area contributed by atoms with Gasteiger partial charge in [0.25, 0.3) is 0 Å². The van der Waals surface area contributed by atoms with Crippen molar-refractivity contribution >= 4 is 5.97 Å². The number of hydrogen-bond donors (Lipinski definition) is 1. The van der Waals surface area contributed by atoms with Crippen LogP contribution in [-0.2, 0) is 11.2 Å². The Morgan fingerprint density at radius 1 is 1.36 bits per heavy atom. The molecule has 0 aromatic heterocycles. The monoisotopic (exact) mass is 218 g/mol. The van der Waals surface area contributed by atoms with Crippen molar-refractivity contribution in [1.82, 2.24) is 0 Å². The van der Waals surface area contributed by atoms with Crippen molar-refractivity contribution < 1.29 is 66.4 Å². The molecule has 70 valence electrons. The van der Waals surface area contributed by atoms with Gasteiger partial charge in [0.05, 0.1) is 12.1 Å². The van der Waals surface area contributed by atoms with Crippen LogP contribution < -0.4 is 56.5 Å². The Kier molecular flexibility index (Phi) is 7.72. The molecular formula is C10H11KO3. The van der Waals surface area contributed by atoms with Crippen molar-refractivity contribution in [1.29, 1.82) is 0 Å². The van der Waals surface area contributed by atoms with Gasteiger partial charge in [0.2, 0.25) is 0 Å². The standard InChI is InChI=1S/C10H12O3.K/c11-9(10(12)13)7-6-8-4-2-1-3-5-8;/h1-5,9,11H,6-7H2,(H,12,13);/q;+1/p-1/t9-;/m0./s1. The number of carbonyl (C=O) groups excluding carboxylic acids is 1. The summed E-state index contributed by atoms with van der Waals surface area (Å²) in [6.45, 7) is 0. The van der Waals surface area contributed by atoms with E-state index in [-0.39, 0.29) is 57.8 Å². The number of hydrogen-bond acceptors (Lipinski definition) is 3. The number of aliphatic carboxylic acids is 1. The molecular weight excluding hydrogens is 207 g/mol. The Hall–Kier alpha value is 0.286. The van der Waals surface area contributed by atoms with Gasteiger partial charge >= 0.3 is 51.4 Å². The van der Waals surface area contributed by atoms with E-state index < -0.39 is 12.1 Å². The topological polar surface area (TPSA) is 60.4 Å². The summed E-state index contributed by atoms with van der Waals surface area (Å²) in [4.78, 5) is 10.2. The predicted molar refractivity (Wildman–Crippen MR) is 45.8 cm³/mol. The Balaban J connectivity index is 0.00000169. The van der Waals surface area contributed by atoms with E-state index in [1.54, 1.807) is 0 Å². The van der Waals surface area contributed by atoms with E-state index in [0.29, 0.717) is 6.42 Å². The molecule has 0 unspecified atom stereocenters. The minimum absolute atomic E-state index is 0. The van der Waals surface area contributed by atoms with Gasteiger partial charge in [-0.15, -0.1) is 0 Å². The minimum Gasteiger partial charge on any atom is -0.547 e. The summed E-state index contributed by atoms with van der Waals surface area (Å²) in [6, 6.07) is 9.42. The van der Waals surface area contributed by atoms with Crippen LogP contribution in [0.3, 0.4) is 0 Å². The number of carbonyl (C=O) groups is 1. The van der Waals surface area contributed by atoms with Crippen LogP contribution in [0.15, 0.2) is 30.3 Å². The Bertz CT molecular complexity index is 274. The second-order valence-corrected chi connectivity index (χ2v) is 2.86. The predicted octanol–water partition coefficient (Wildman–Crippen LogP) is -3.27. The van der Waals surface area contributed by atoms with E-state index in [1.165, 1.54) is 0 Å². The first-order valence-corrected chi connectivity index (χ1v) is 4.13. The molecule has 0 aliphatic rings. The van der Waals surface area contributed by atoms with Crippen molar-refractivity contribution in [3.8, 4) is 0 Å². The van der Waals surface area contributed by atoms with Gasteiger partial charge in [-0.25, -0.2) is 0 Å². The van der Waals surface area contributed by atoms with E-state index in [2.05, 4.69) is 0 Å². The quantitative estimate of drug-likeness (QED) is 0.540. The number of aliphatic hydroxyl groups is 1. The summed E-state index contributed by atoms with van der Waals surface area (Å²) in [5.74, 6) is -1.41. The molecule has 4 heteroatoms. The zero-order valence-corrected chi connectivity index (χ0v) is 11.3. The largest absolute Gasteiger partial charge is 1.00 e. The molecule has 0 aliphatic carbocycles. The van der Waals surface area contributed by atoms with Crippen molar-refractivity contribution in [2.24, 2.45) is 0 Å². The van der Waals surface area contributed by atoms with Gasteiger partial charge in [-0.05, 0) is 18.4 Å². The molecule has 14 heavy (non-hydrogen) atoms. The van der Waals surface area contributed by atoms with Crippen LogP contribution in [0.5, 0.6) is 0 Å². The number of aliphatic hydroxyl groups excluding tert-OH is 1. The molecule has 0 radical (unpaired) electrons. The van der Waals surface area contributed by atoms with Gasteiger partial charge in [-0.2, -0.15) is 0 Å². The average molecular weight is 218 g/mol. The van der Waals surface area contributed by atoms with Gasteiger partial charge < -0.3 is 15.0 Å². The van der Waals surface area contributed by atoms with Gasteiger partial charge in [0.1, 0.15) is 0 Å². The first kappa shape index (κ1) is 14.3.